The minimum absolute atomic E-state index is 0.0907. The molecule has 1 fully saturated rings. The van der Waals surface area contributed by atoms with Crippen LogP contribution in [0.4, 0.5) is 0 Å². The van der Waals surface area contributed by atoms with E-state index in [0.717, 1.165) is 37.1 Å². The average molecular weight is 288 g/mol. The number of benzene rings is 1. The van der Waals surface area contributed by atoms with E-state index in [-0.39, 0.29) is 23.7 Å². The van der Waals surface area contributed by atoms with Gasteiger partial charge in [-0.25, -0.2) is 0 Å². The summed E-state index contributed by atoms with van der Waals surface area (Å²) in [7, 11) is 1.68. The second-order valence-corrected chi connectivity index (χ2v) is 5.83. The number of hydrogen-bond acceptors (Lipinski definition) is 3. The van der Waals surface area contributed by atoms with Crippen molar-refractivity contribution in [1.29, 1.82) is 0 Å². The van der Waals surface area contributed by atoms with Gasteiger partial charge in [0, 0.05) is 18.5 Å². The van der Waals surface area contributed by atoms with Gasteiger partial charge in [0.25, 0.3) is 0 Å². The first kappa shape index (κ1) is 15.7. The van der Waals surface area contributed by atoms with Crippen LogP contribution in [-0.2, 0) is 4.79 Å². The highest BCUT2D eigenvalue weighted by Crippen LogP contribution is 2.20. The lowest BCUT2D eigenvalue weighted by Crippen LogP contribution is -2.46. The smallest absolute Gasteiger partial charge is 0.222 e. The van der Waals surface area contributed by atoms with Gasteiger partial charge in [-0.05, 0) is 39.8 Å². The number of Topliss-reactive ketones (excluding diaryl/α,β-unsaturated/α-hetero) is 1. The number of piperidine rings is 1. The minimum Gasteiger partial charge on any atom is -0.359 e. The lowest BCUT2D eigenvalue weighted by atomic mass is 9.93. The molecule has 0 aromatic heterocycles. The Morgan fingerprint density at radius 3 is 2.29 bits per heavy atom. The molecule has 4 heteroatoms. The fourth-order valence-corrected chi connectivity index (χ4v) is 2.88. The summed E-state index contributed by atoms with van der Waals surface area (Å²) < 4.78 is 0. The third-order valence-corrected chi connectivity index (χ3v) is 4.41. The van der Waals surface area contributed by atoms with Crippen LogP contribution in [0.5, 0.6) is 0 Å². The van der Waals surface area contributed by atoms with Gasteiger partial charge in [0.05, 0.1) is 6.04 Å². The van der Waals surface area contributed by atoms with Crippen LogP contribution in [0.15, 0.2) is 24.3 Å². The normalized spacial score (nSPS) is 18.2. The van der Waals surface area contributed by atoms with Crippen LogP contribution in [0, 0.1) is 12.8 Å². The van der Waals surface area contributed by atoms with Crippen LogP contribution in [0.25, 0.3) is 0 Å². The topological polar surface area (TPSA) is 49.4 Å². The molecule has 0 radical (unpaired) electrons. The molecule has 1 aliphatic heterocycles. The number of carbonyl (C=O) groups excluding carboxylic acids is 2. The molecule has 0 bridgehead atoms. The van der Waals surface area contributed by atoms with E-state index >= 15 is 0 Å². The zero-order valence-electron chi connectivity index (χ0n) is 13.1. The quantitative estimate of drug-likeness (QED) is 0.862. The zero-order valence-corrected chi connectivity index (χ0v) is 13.1. The summed E-state index contributed by atoms with van der Waals surface area (Å²) in [6.07, 6.45) is 1.65. The summed E-state index contributed by atoms with van der Waals surface area (Å²) >= 11 is 0. The lowest BCUT2D eigenvalue weighted by molar-refractivity contribution is -0.126. The number of aryl methyl sites for hydroxylation is 1. The molecule has 0 saturated carbocycles. The molecule has 21 heavy (non-hydrogen) atoms. The van der Waals surface area contributed by atoms with Crippen molar-refractivity contribution in [2.75, 3.05) is 20.1 Å². The van der Waals surface area contributed by atoms with Crippen molar-refractivity contribution in [3.8, 4) is 0 Å². The molecular weight excluding hydrogens is 264 g/mol. The highest BCUT2D eigenvalue weighted by molar-refractivity contribution is 5.99. The van der Waals surface area contributed by atoms with Crippen LogP contribution >= 0.6 is 0 Å². The van der Waals surface area contributed by atoms with E-state index in [1.807, 2.05) is 38.1 Å². The summed E-state index contributed by atoms with van der Waals surface area (Å²) in [5.41, 5.74) is 1.92. The fourth-order valence-electron chi connectivity index (χ4n) is 2.88. The molecule has 1 saturated heterocycles. The molecule has 1 heterocycles. The zero-order chi connectivity index (χ0) is 15.4. The Morgan fingerprint density at radius 1 is 1.19 bits per heavy atom. The summed E-state index contributed by atoms with van der Waals surface area (Å²) in [6.45, 7) is 5.58. The first-order valence-electron chi connectivity index (χ1n) is 7.59. The van der Waals surface area contributed by atoms with Gasteiger partial charge in [0.15, 0.2) is 5.78 Å². The minimum atomic E-state index is -0.127. The Labute approximate surface area is 126 Å². The van der Waals surface area contributed by atoms with E-state index in [2.05, 4.69) is 10.2 Å². The predicted molar refractivity (Wildman–Crippen MR) is 83.3 cm³/mol. The van der Waals surface area contributed by atoms with Gasteiger partial charge in [0.2, 0.25) is 5.91 Å². The van der Waals surface area contributed by atoms with E-state index in [0.29, 0.717) is 0 Å². The number of nitrogens with one attached hydrogen (secondary N) is 1. The maximum Gasteiger partial charge on any atom is 0.222 e. The Morgan fingerprint density at radius 2 is 1.76 bits per heavy atom. The highest BCUT2D eigenvalue weighted by atomic mass is 16.1. The van der Waals surface area contributed by atoms with Crippen molar-refractivity contribution in [1.82, 2.24) is 10.2 Å². The predicted octanol–water partition coefficient (Wildman–Crippen LogP) is 2.02. The highest BCUT2D eigenvalue weighted by Gasteiger charge is 2.29. The largest absolute Gasteiger partial charge is 0.359 e. The van der Waals surface area contributed by atoms with E-state index in [9.17, 15) is 9.59 Å². The van der Waals surface area contributed by atoms with Gasteiger partial charge in [-0.15, -0.1) is 0 Å². The van der Waals surface area contributed by atoms with Crippen LogP contribution in [-0.4, -0.2) is 42.8 Å². The molecule has 1 aliphatic rings. The van der Waals surface area contributed by atoms with Gasteiger partial charge >= 0.3 is 0 Å². The molecule has 114 valence electrons. The number of ketones is 1. The molecular formula is C17H24N2O2. The van der Waals surface area contributed by atoms with E-state index < -0.39 is 0 Å². The summed E-state index contributed by atoms with van der Waals surface area (Å²) in [5.74, 6) is 0.369. The maximum atomic E-state index is 12.5. The van der Waals surface area contributed by atoms with E-state index in [4.69, 9.17) is 0 Å². The third-order valence-electron chi connectivity index (χ3n) is 4.41. The number of likely N-dealkylation sites (tertiary alicyclic amines) is 1. The van der Waals surface area contributed by atoms with Crippen molar-refractivity contribution < 1.29 is 9.59 Å². The molecule has 0 spiro atoms. The van der Waals surface area contributed by atoms with Crippen molar-refractivity contribution in [2.24, 2.45) is 5.92 Å². The van der Waals surface area contributed by atoms with Gasteiger partial charge in [0.1, 0.15) is 0 Å². The van der Waals surface area contributed by atoms with Crippen molar-refractivity contribution in [2.45, 2.75) is 32.7 Å². The number of amides is 1. The average Bonchev–Trinajstić information content (AvgIpc) is 2.53. The third kappa shape index (κ3) is 3.70. The molecule has 1 N–H and O–H groups in total. The molecule has 1 unspecified atom stereocenters. The molecule has 2 rings (SSSR count). The maximum absolute atomic E-state index is 12.5. The number of nitrogens with zero attached hydrogens (tertiary/aromatic N) is 1. The number of rotatable bonds is 4. The Bertz CT molecular complexity index is 502. The molecule has 0 aliphatic carbocycles. The second-order valence-electron chi connectivity index (χ2n) is 5.83. The van der Waals surface area contributed by atoms with Crippen LogP contribution < -0.4 is 5.32 Å². The molecule has 1 aromatic carbocycles. The summed E-state index contributed by atoms with van der Waals surface area (Å²) in [4.78, 5) is 26.3. The first-order valence-corrected chi connectivity index (χ1v) is 7.59. The second kappa shape index (κ2) is 6.85. The van der Waals surface area contributed by atoms with Gasteiger partial charge in [-0.1, -0.05) is 29.8 Å². The molecule has 4 nitrogen and oxygen atoms in total. The summed E-state index contributed by atoms with van der Waals surface area (Å²) in [6, 6.07) is 7.60. The Balaban J connectivity index is 1.95. The van der Waals surface area contributed by atoms with Crippen molar-refractivity contribution >= 4 is 11.7 Å². The van der Waals surface area contributed by atoms with E-state index in [1.54, 1.807) is 7.05 Å². The van der Waals surface area contributed by atoms with Crippen LogP contribution in [0.3, 0.4) is 0 Å². The van der Waals surface area contributed by atoms with Gasteiger partial charge < -0.3 is 5.32 Å². The fraction of sp³-hybridized carbons (Fsp3) is 0.529. The first-order chi connectivity index (χ1) is 10.0. The van der Waals surface area contributed by atoms with E-state index in [1.165, 1.54) is 0 Å². The molecule has 1 aromatic rings. The van der Waals surface area contributed by atoms with Gasteiger partial charge in [-0.2, -0.15) is 0 Å². The van der Waals surface area contributed by atoms with Crippen molar-refractivity contribution in [3.63, 3.8) is 0 Å². The summed E-state index contributed by atoms with van der Waals surface area (Å²) in [5, 5.41) is 2.71. The Kier molecular flexibility index (Phi) is 5.12. The van der Waals surface area contributed by atoms with Gasteiger partial charge in [-0.3, -0.25) is 14.5 Å². The van der Waals surface area contributed by atoms with Crippen LogP contribution in [0.2, 0.25) is 0 Å². The Hall–Kier alpha value is -1.68. The SMILES string of the molecule is CNC(=O)C1CCN(C(C)C(=O)c2ccc(C)cc2)CC1. The van der Waals surface area contributed by atoms with Crippen molar-refractivity contribution in [3.05, 3.63) is 35.4 Å². The lowest BCUT2D eigenvalue weighted by Gasteiger charge is -2.34. The number of carbonyl (C=O) groups is 2. The van der Waals surface area contributed by atoms with Crippen LogP contribution in [0.1, 0.15) is 35.7 Å². The molecule has 1 atom stereocenters. The standard InChI is InChI=1S/C17H24N2O2/c1-12-4-6-14(7-5-12)16(20)13(2)19-10-8-15(9-11-19)17(21)18-3/h4-7,13,15H,8-11H2,1-3H3,(H,18,21). The number of hydrogen-bond donors (Lipinski definition) is 1. The monoisotopic (exact) mass is 288 g/mol. The molecule has 1 amide bonds.